The van der Waals surface area contributed by atoms with Gasteiger partial charge < -0.3 is 9.64 Å². The lowest BCUT2D eigenvalue weighted by atomic mass is 9.86. The van der Waals surface area contributed by atoms with Gasteiger partial charge in [-0.2, -0.15) is 0 Å². The van der Waals surface area contributed by atoms with E-state index in [1.54, 1.807) is 6.20 Å². The quantitative estimate of drug-likeness (QED) is 0.408. The Hall–Kier alpha value is -3.92. The van der Waals surface area contributed by atoms with Crippen molar-refractivity contribution in [2.24, 2.45) is 0 Å². The molecule has 4 nitrogen and oxygen atoms in total. The van der Waals surface area contributed by atoms with Gasteiger partial charge in [-0.05, 0) is 36.2 Å². The fourth-order valence-corrected chi connectivity index (χ4v) is 4.22. The Labute approximate surface area is 188 Å². The first-order chi connectivity index (χ1) is 15.8. The first-order valence-electron chi connectivity index (χ1n) is 10.9. The van der Waals surface area contributed by atoms with Crippen LogP contribution in [-0.4, -0.2) is 22.3 Å². The zero-order chi connectivity index (χ0) is 21.8. The molecule has 2 heterocycles. The van der Waals surface area contributed by atoms with Crippen LogP contribution in [0, 0.1) is 0 Å². The molecule has 1 aliphatic heterocycles. The average molecular weight is 421 g/mol. The van der Waals surface area contributed by atoms with E-state index in [9.17, 15) is 4.79 Å². The lowest BCUT2D eigenvalue weighted by molar-refractivity contribution is -0.132. The topological polar surface area (TPSA) is 42.4 Å². The number of hydrogen-bond acceptors (Lipinski definition) is 3. The lowest BCUT2D eigenvalue weighted by Crippen LogP contribution is -2.37. The molecule has 4 heteroatoms. The van der Waals surface area contributed by atoms with Gasteiger partial charge in [-0.25, -0.2) is 0 Å². The van der Waals surface area contributed by atoms with Crippen LogP contribution >= 0.6 is 0 Å². The fourth-order valence-electron chi connectivity index (χ4n) is 4.22. The van der Waals surface area contributed by atoms with E-state index in [0.29, 0.717) is 13.1 Å². The van der Waals surface area contributed by atoms with E-state index >= 15 is 0 Å². The molecule has 158 valence electrons. The van der Waals surface area contributed by atoms with Gasteiger partial charge in [0.05, 0.1) is 18.2 Å². The molecule has 3 aromatic carbocycles. The Bertz CT molecular complexity index is 1160. The van der Waals surface area contributed by atoms with Crippen molar-refractivity contribution < 1.29 is 9.53 Å². The Morgan fingerprint density at radius 3 is 2.06 bits per heavy atom. The maximum Gasteiger partial charge on any atom is 0.235 e. The summed E-state index contributed by atoms with van der Waals surface area (Å²) in [7, 11) is 0. The van der Waals surface area contributed by atoms with Crippen molar-refractivity contribution in [3.05, 3.63) is 126 Å². The molecule has 0 radical (unpaired) electrons. The monoisotopic (exact) mass is 420 g/mol. The molecular weight excluding hydrogens is 396 g/mol. The van der Waals surface area contributed by atoms with Crippen LogP contribution in [0.15, 0.2) is 103 Å². The van der Waals surface area contributed by atoms with Crippen LogP contribution in [0.1, 0.15) is 28.3 Å². The molecule has 5 rings (SSSR count). The van der Waals surface area contributed by atoms with E-state index in [1.165, 1.54) is 5.56 Å². The Morgan fingerprint density at radius 2 is 1.41 bits per heavy atom. The second-order valence-electron chi connectivity index (χ2n) is 7.93. The zero-order valence-electron chi connectivity index (χ0n) is 17.7. The first-order valence-corrected chi connectivity index (χ1v) is 10.9. The van der Waals surface area contributed by atoms with Gasteiger partial charge in [0.15, 0.2) is 0 Å². The van der Waals surface area contributed by atoms with Crippen LogP contribution in [0.4, 0.5) is 0 Å². The first kappa shape index (κ1) is 20.0. The van der Waals surface area contributed by atoms with Crippen molar-refractivity contribution in [2.45, 2.75) is 18.9 Å². The van der Waals surface area contributed by atoms with E-state index in [4.69, 9.17) is 4.74 Å². The minimum absolute atomic E-state index is 0.0646. The van der Waals surface area contributed by atoms with E-state index < -0.39 is 5.92 Å². The van der Waals surface area contributed by atoms with Crippen LogP contribution in [0.2, 0.25) is 0 Å². The predicted molar refractivity (Wildman–Crippen MR) is 125 cm³/mol. The molecule has 0 bridgehead atoms. The molecule has 4 aromatic rings. The third kappa shape index (κ3) is 4.12. The van der Waals surface area contributed by atoms with Crippen molar-refractivity contribution in [1.29, 1.82) is 0 Å². The third-order valence-corrected chi connectivity index (χ3v) is 5.83. The number of hydrogen-bond donors (Lipinski definition) is 0. The van der Waals surface area contributed by atoms with Gasteiger partial charge in [0.25, 0.3) is 0 Å². The summed E-state index contributed by atoms with van der Waals surface area (Å²) in [5.74, 6) is 1.14. The SMILES string of the molecule is O=C(C1c2ccccc2Oc2ccccc21)N(CCc1ccccc1)Cc1ccccn1. The Balaban J connectivity index is 1.50. The number of amides is 1. The highest BCUT2D eigenvalue weighted by Crippen LogP contribution is 2.44. The highest BCUT2D eigenvalue weighted by atomic mass is 16.5. The molecule has 0 saturated heterocycles. The summed E-state index contributed by atoms with van der Waals surface area (Å²) in [5, 5.41) is 0. The van der Waals surface area contributed by atoms with E-state index in [0.717, 1.165) is 34.7 Å². The van der Waals surface area contributed by atoms with E-state index in [2.05, 4.69) is 17.1 Å². The molecule has 1 aliphatic rings. The normalized spacial score (nSPS) is 12.4. The van der Waals surface area contributed by atoms with Gasteiger partial charge in [0.1, 0.15) is 11.5 Å². The van der Waals surface area contributed by atoms with Gasteiger partial charge in [-0.1, -0.05) is 72.8 Å². The molecule has 0 unspecified atom stereocenters. The van der Waals surface area contributed by atoms with Gasteiger partial charge in [-0.15, -0.1) is 0 Å². The number of aromatic nitrogens is 1. The number of carbonyl (C=O) groups excluding carboxylic acids is 1. The summed E-state index contributed by atoms with van der Waals surface area (Å²) in [4.78, 5) is 20.5. The van der Waals surface area contributed by atoms with Crippen LogP contribution in [0.3, 0.4) is 0 Å². The number of benzene rings is 3. The number of rotatable bonds is 6. The Kier molecular flexibility index (Phi) is 5.67. The number of carbonyl (C=O) groups is 1. The van der Waals surface area contributed by atoms with Crippen molar-refractivity contribution in [1.82, 2.24) is 9.88 Å². The van der Waals surface area contributed by atoms with Crippen molar-refractivity contribution in [3.63, 3.8) is 0 Å². The molecule has 0 atom stereocenters. The van der Waals surface area contributed by atoms with Crippen molar-refractivity contribution in [3.8, 4) is 11.5 Å². The molecule has 0 saturated carbocycles. The highest BCUT2D eigenvalue weighted by Gasteiger charge is 2.35. The summed E-state index contributed by atoms with van der Waals surface area (Å²) in [6, 6.07) is 31.7. The maximum absolute atomic E-state index is 14.1. The molecule has 32 heavy (non-hydrogen) atoms. The standard InChI is InChI=1S/C28H24N2O2/c31-28(27-23-13-4-6-15-25(23)32-26-16-7-5-14-24(26)27)30(20-22-12-8-9-18-29-22)19-17-21-10-2-1-3-11-21/h1-16,18,27H,17,19-20H2. The molecule has 1 aromatic heterocycles. The third-order valence-electron chi connectivity index (χ3n) is 5.83. The molecule has 0 spiro atoms. The number of nitrogens with zero attached hydrogens (tertiary/aromatic N) is 2. The summed E-state index contributed by atoms with van der Waals surface area (Å²) in [6.07, 6.45) is 2.56. The predicted octanol–water partition coefficient (Wildman–Crippen LogP) is 5.59. The summed E-state index contributed by atoms with van der Waals surface area (Å²) >= 11 is 0. The molecule has 0 aliphatic carbocycles. The second kappa shape index (κ2) is 9.06. The van der Waals surface area contributed by atoms with Gasteiger partial charge in [0, 0.05) is 23.9 Å². The number of pyridine rings is 1. The summed E-state index contributed by atoms with van der Waals surface area (Å²) in [6.45, 7) is 1.08. The van der Waals surface area contributed by atoms with Crippen LogP contribution < -0.4 is 4.74 Å². The minimum atomic E-state index is -0.407. The fraction of sp³-hybridized carbons (Fsp3) is 0.143. The summed E-state index contributed by atoms with van der Waals surface area (Å²) in [5.41, 5.74) is 3.89. The average Bonchev–Trinajstić information content (AvgIpc) is 2.86. The number of fused-ring (bicyclic) bond motifs is 2. The second-order valence-corrected chi connectivity index (χ2v) is 7.93. The van der Waals surface area contributed by atoms with E-state index in [1.807, 2.05) is 89.8 Å². The van der Waals surface area contributed by atoms with Gasteiger partial charge in [-0.3, -0.25) is 9.78 Å². The minimum Gasteiger partial charge on any atom is -0.457 e. The van der Waals surface area contributed by atoms with Crippen molar-refractivity contribution >= 4 is 5.91 Å². The maximum atomic E-state index is 14.1. The van der Waals surface area contributed by atoms with E-state index in [-0.39, 0.29) is 5.91 Å². The molecule has 0 fully saturated rings. The molecule has 1 amide bonds. The van der Waals surface area contributed by atoms with Crippen LogP contribution in [0.25, 0.3) is 0 Å². The van der Waals surface area contributed by atoms with Crippen LogP contribution in [0.5, 0.6) is 11.5 Å². The lowest BCUT2D eigenvalue weighted by Gasteiger charge is -2.32. The smallest absolute Gasteiger partial charge is 0.235 e. The van der Waals surface area contributed by atoms with Crippen molar-refractivity contribution in [2.75, 3.05) is 6.54 Å². The molecule has 0 N–H and O–H groups in total. The highest BCUT2D eigenvalue weighted by molar-refractivity contribution is 5.89. The Morgan fingerprint density at radius 1 is 0.781 bits per heavy atom. The van der Waals surface area contributed by atoms with Gasteiger partial charge in [0.2, 0.25) is 5.91 Å². The largest absolute Gasteiger partial charge is 0.457 e. The van der Waals surface area contributed by atoms with Gasteiger partial charge >= 0.3 is 0 Å². The molecular formula is C28H24N2O2. The van der Waals surface area contributed by atoms with Crippen LogP contribution in [-0.2, 0) is 17.8 Å². The zero-order valence-corrected chi connectivity index (χ0v) is 17.7. The number of para-hydroxylation sites is 2. The number of ether oxygens (including phenoxy) is 1. The summed E-state index contributed by atoms with van der Waals surface area (Å²) < 4.78 is 6.10.